The fraction of sp³-hybridized carbons (Fsp3) is 0.562. The minimum atomic E-state index is 0.129. The molecule has 3 heteroatoms. The van der Waals surface area contributed by atoms with Gasteiger partial charge in [-0.1, -0.05) is 18.9 Å². The molecule has 19 heavy (non-hydrogen) atoms. The van der Waals surface area contributed by atoms with Gasteiger partial charge in [-0.25, -0.2) is 0 Å². The van der Waals surface area contributed by atoms with Crippen LogP contribution in [0, 0.1) is 12.3 Å². The molecule has 0 saturated carbocycles. The molecule has 0 saturated heterocycles. The maximum atomic E-state index is 5.34. The molecule has 0 amide bonds. The largest absolute Gasteiger partial charge is 0.308 e. The van der Waals surface area contributed by atoms with Crippen molar-refractivity contribution in [3.63, 3.8) is 0 Å². The van der Waals surface area contributed by atoms with Crippen LogP contribution in [0.2, 0.25) is 0 Å². The summed E-state index contributed by atoms with van der Waals surface area (Å²) in [6.45, 7) is 11.9. The third kappa shape index (κ3) is 6.37. The SMILES string of the molecule is C#CCN(CC)Cc1ccc(CNC(C)(C)C)cn1. The second-order valence-corrected chi connectivity index (χ2v) is 5.77. The Hall–Kier alpha value is -1.37. The minimum Gasteiger partial charge on any atom is -0.308 e. The fourth-order valence-corrected chi connectivity index (χ4v) is 1.66. The summed E-state index contributed by atoms with van der Waals surface area (Å²) in [5.41, 5.74) is 2.40. The lowest BCUT2D eigenvalue weighted by molar-refractivity contribution is 0.312. The lowest BCUT2D eigenvalue weighted by Crippen LogP contribution is -2.35. The molecule has 0 aliphatic carbocycles. The first kappa shape index (κ1) is 15.7. The molecular formula is C16H25N3. The topological polar surface area (TPSA) is 28.2 Å². The molecule has 1 N–H and O–H groups in total. The molecule has 1 aromatic rings. The molecule has 1 rings (SSSR count). The van der Waals surface area contributed by atoms with E-state index in [1.165, 1.54) is 5.56 Å². The van der Waals surface area contributed by atoms with Crippen LogP contribution < -0.4 is 5.32 Å². The molecule has 0 aliphatic rings. The third-order valence-corrected chi connectivity index (χ3v) is 2.86. The standard InChI is InChI=1S/C16H25N3/c1-6-10-19(7-2)13-15-9-8-14(11-17-15)12-18-16(3,4)5/h1,8-9,11,18H,7,10,12-13H2,2-5H3. The zero-order valence-electron chi connectivity index (χ0n) is 12.5. The van der Waals surface area contributed by atoms with Gasteiger partial charge >= 0.3 is 0 Å². The minimum absolute atomic E-state index is 0.129. The van der Waals surface area contributed by atoms with Crippen molar-refractivity contribution in [2.75, 3.05) is 13.1 Å². The van der Waals surface area contributed by atoms with E-state index in [4.69, 9.17) is 6.42 Å². The van der Waals surface area contributed by atoms with Crippen molar-refractivity contribution < 1.29 is 0 Å². The van der Waals surface area contributed by atoms with Crippen molar-refractivity contribution in [3.05, 3.63) is 29.6 Å². The molecule has 0 bridgehead atoms. The fourth-order valence-electron chi connectivity index (χ4n) is 1.66. The zero-order chi connectivity index (χ0) is 14.3. The first-order chi connectivity index (χ1) is 8.94. The van der Waals surface area contributed by atoms with E-state index in [9.17, 15) is 0 Å². The Bertz CT molecular complexity index is 409. The number of nitrogens with zero attached hydrogens (tertiary/aromatic N) is 2. The lowest BCUT2D eigenvalue weighted by atomic mass is 10.1. The van der Waals surface area contributed by atoms with E-state index in [2.05, 4.69) is 60.9 Å². The molecule has 0 atom stereocenters. The number of aromatic nitrogens is 1. The molecule has 1 heterocycles. The van der Waals surface area contributed by atoms with Crippen molar-refractivity contribution in [1.82, 2.24) is 15.2 Å². The first-order valence-electron chi connectivity index (χ1n) is 6.79. The summed E-state index contributed by atoms with van der Waals surface area (Å²) in [6, 6.07) is 4.21. The van der Waals surface area contributed by atoms with Gasteiger partial charge in [0.25, 0.3) is 0 Å². The van der Waals surface area contributed by atoms with E-state index in [0.29, 0.717) is 6.54 Å². The van der Waals surface area contributed by atoms with E-state index in [1.807, 2.05) is 6.20 Å². The van der Waals surface area contributed by atoms with Gasteiger partial charge in [0.05, 0.1) is 12.2 Å². The van der Waals surface area contributed by atoms with Crippen LogP contribution in [0.25, 0.3) is 0 Å². The third-order valence-electron chi connectivity index (χ3n) is 2.86. The van der Waals surface area contributed by atoms with Gasteiger partial charge in [-0.05, 0) is 38.9 Å². The monoisotopic (exact) mass is 259 g/mol. The summed E-state index contributed by atoms with van der Waals surface area (Å²) in [6.07, 6.45) is 7.28. The second-order valence-electron chi connectivity index (χ2n) is 5.77. The van der Waals surface area contributed by atoms with Gasteiger partial charge in [0.2, 0.25) is 0 Å². The van der Waals surface area contributed by atoms with Gasteiger partial charge in [-0.3, -0.25) is 9.88 Å². The van der Waals surface area contributed by atoms with E-state index < -0.39 is 0 Å². The number of rotatable bonds is 6. The smallest absolute Gasteiger partial charge is 0.0602 e. The predicted octanol–water partition coefficient (Wildman–Crippen LogP) is 2.42. The van der Waals surface area contributed by atoms with E-state index >= 15 is 0 Å². The summed E-state index contributed by atoms with van der Waals surface area (Å²) in [4.78, 5) is 6.69. The Morgan fingerprint density at radius 3 is 2.58 bits per heavy atom. The van der Waals surface area contributed by atoms with Crippen LogP contribution in [0.1, 0.15) is 39.0 Å². The predicted molar refractivity (Wildman–Crippen MR) is 80.6 cm³/mol. The maximum absolute atomic E-state index is 5.34. The van der Waals surface area contributed by atoms with Crippen LogP contribution in [0.15, 0.2) is 18.3 Å². The normalized spacial score (nSPS) is 11.6. The highest BCUT2D eigenvalue weighted by Crippen LogP contribution is 2.06. The molecule has 0 unspecified atom stereocenters. The van der Waals surface area contributed by atoms with Gasteiger partial charge in [0, 0.05) is 24.8 Å². The van der Waals surface area contributed by atoms with Gasteiger partial charge < -0.3 is 5.32 Å². The Balaban J connectivity index is 2.54. The molecule has 1 aromatic heterocycles. The Morgan fingerprint density at radius 2 is 2.11 bits per heavy atom. The molecule has 0 fully saturated rings. The average molecular weight is 259 g/mol. The molecule has 0 aliphatic heterocycles. The molecule has 104 valence electrons. The van der Waals surface area contributed by atoms with Crippen molar-refractivity contribution >= 4 is 0 Å². The van der Waals surface area contributed by atoms with Crippen molar-refractivity contribution in [1.29, 1.82) is 0 Å². The number of terminal acetylenes is 1. The number of pyridine rings is 1. The second kappa shape index (κ2) is 7.28. The number of nitrogens with one attached hydrogen (secondary N) is 1. The van der Waals surface area contributed by atoms with Crippen LogP contribution >= 0.6 is 0 Å². The van der Waals surface area contributed by atoms with Crippen molar-refractivity contribution in [3.8, 4) is 12.3 Å². The van der Waals surface area contributed by atoms with Gasteiger partial charge in [-0.15, -0.1) is 6.42 Å². The van der Waals surface area contributed by atoms with Crippen LogP contribution in [0.5, 0.6) is 0 Å². The van der Waals surface area contributed by atoms with E-state index in [1.54, 1.807) is 0 Å². The van der Waals surface area contributed by atoms with Gasteiger partial charge in [0.1, 0.15) is 0 Å². The molecule has 3 nitrogen and oxygen atoms in total. The van der Waals surface area contributed by atoms with E-state index in [0.717, 1.165) is 25.3 Å². The Kier molecular flexibility index (Phi) is 6.01. The highest BCUT2D eigenvalue weighted by Gasteiger charge is 2.08. The van der Waals surface area contributed by atoms with Gasteiger partial charge in [-0.2, -0.15) is 0 Å². The summed E-state index contributed by atoms with van der Waals surface area (Å²) in [5.74, 6) is 2.68. The van der Waals surface area contributed by atoms with Crippen molar-refractivity contribution in [2.24, 2.45) is 0 Å². The van der Waals surface area contributed by atoms with Crippen LogP contribution in [-0.4, -0.2) is 28.5 Å². The highest BCUT2D eigenvalue weighted by molar-refractivity contribution is 5.14. The van der Waals surface area contributed by atoms with Crippen LogP contribution in [-0.2, 0) is 13.1 Å². The van der Waals surface area contributed by atoms with Gasteiger partial charge in [0.15, 0.2) is 0 Å². The average Bonchev–Trinajstić information content (AvgIpc) is 2.36. The first-order valence-corrected chi connectivity index (χ1v) is 6.79. The van der Waals surface area contributed by atoms with Crippen molar-refractivity contribution in [2.45, 2.75) is 46.3 Å². The Labute approximate surface area is 117 Å². The molecule has 0 aromatic carbocycles. The molecular weight excluding hydrogens is 234 g/mol. The number of hydrogen-bond acceptors (Lipinski definition) is 3. The van der Waals surface area contributed by atoms with Crippen LogP contribution in [0.3, 0.4) is 0 Å². The number of hydrogen-bond donors (Lipinski definition) is 1. The zero-order valence-corrected chi connectivity index (χ0v) is 12.5. The maximum Gasteiger partial charge on any atom is 0.0602 e. The summed E-state index contributed by atoms with van der Waals surface area (Å²) >= 11 is 0. The molecule has 0 radical (unpaired) electrons. The lowest BCUT2D eigenvalue weighted by Gasteiger charge is -2.20. The van der Waals surface area contributed by atoms with E-state index in [-0.39, 0.29) is 5.54 Å². The molecule has 0 spiro atoms. The quantitative estimate of drug-likeness (QED) is 0.795. The Morgan fingerprint density at radius 1 is 1.37 bits per heavy atom. The summed E-state index contributed by atoms with van der Waals surface area (Å²) < 4.78 is 0. The summed E-state index contributed by atoms with van der Waals surface area (Å²) in [7, 11) is 0. The summed E-state index contributed by atoms with van der Waals surface area (Å²) in [5, 5.41) is 3.45. The van der Waals surface area contributed by atoms with Crippen LogP contribution in [0.4, 0.5) is 0 Å². The highest BCUT2D eigenvalue weighted by atomic mass is 15.1.